The number of hydrazine groups is 1. The summed E-state index contributed by atoms with van der Waals surface area (Å²) >= 11 is 3.14. The number of imide groups is 1. The molecule has 0 bridgehead atoms. The molecule has 0 aliphatic rings. The average Bonchev–Trinajstić information content (AvgIpc) is 2.38. The number of aliphatic hydroxyl groups is 1. The number of anilines is 1. The van der Waals surface area contributed by atoms with E-state index in [1.165, 1.54) is 19.2 Å². The Morgan fingerprint density at radius 2 is 2.22 bits per heavy atom. The topological polar surface area (TPSA) is 123 Å². The highest BCUT2D eigenvalue weighted by Crippen LogP contribution is 2.17. The first-order valence-corrected chi connectivity index (χ1v) is 5.82. The molecule has 8 heteroatoms. The number of amides is 2. The van der Waals surface area contributed by atoms with Crippen molar-refractivity contribution in [3.05, 3.63) is 22.3 Å². The van der Waals surface area contributed by atoms with Crippen LogP contribution in [-0.2, 0) is 4.79 Å². The first-order valence-electron chi connectivity index (χ1n) is 5.03. The van der Waals surface area contributed by atoms with Gasteiger partial charge in [0.1, 0.15) is 5.82 Å². The van der Waals surface area contributed by atoms with Crippen LogP contribution in [0.1, 0.15) is 17.3 Å². The minimum absolute atomic E-state index is 0.0189. The van der Waals surface area contributed by atoms with Gasteiger partial charge in [-0.15, -0.1) is 0 Å². The van der Waals surface area contributed by atoms with E-state index in [1.807, 2.05) is 0 Å². The van der Waals surface area contributed by atoms with Crippen LogP contribution in [0.2, 0.25) is 0 Å². The Labute approximate surface area is 112 Å². The SMILES string of the molecule is CC(CO)C(=O)N(N)C(=O)c1cc(Br)cnc1N. The summed E-state index contributed by atoms with van der Waals surface area (Å²) in [5.41, 5.74) is 5.56. The highest BCUT2D eigenvalue weighted by atomic mass is 79.9. The number of aliphatic hydroxyl groups excluding tert-OH is 1. The van der Waals surface area contributed by atoms with E-state index in [-0.39, 0.29) is 11.4 Å². The first kappa shape index (κ1) is 14.6. The Morgan fingerprint density at radius 3 is 2.78 bits per heavy atom. The van der Waals surface area contributed by atoms with E-state index in [9.17, 15) is 9.59 Å². The second-order valence-corrected chi connectivity index (χ2v) is 4.60. The predicted molar refractivity (Wildman–Crippen MR) is 68.0 cm³/mol. The summed E-state index contributed by atoms with van der Waals surface area (Å²) in [5, 5.41) is 9.28. The average molecular weight is 317 g/mol. The fourth-order valence-electron chi connectivity index (χ4n) is 1.17. The monoisotopic (exact) mass is 316 g/mol. The van der Waals surface area contributed by atoms with E-state index >= 15 is 0 Å². The summed E-state index contributed by atoms with van der Waals surface area (Å²) in [7, 11) is 0. The third-order valence-corrected chi connectivity index (χ3v) is 2.70. The third kappa shape index (κ3) is 3.03. The molecule has 0 saturated heterocycles. The molecule has 18 heavy (non-hydrogen) atoms. The number of nitrogen functional groups attached to an aromatic ring is 1. The second-order valence-electron chi connectivity index (χ2n) is 3.68. The molecular formula is C10H13BrN4O3. The number of hydrogen-bond donors (Lipinski definition) is 3. The summed E-state index contributed by atoms with van der Waals surface area (Å²) in [6.45, 7) is 1.06. The number of pyridine rings is 1. The minimum Gasteiger partial charge on any atom is -0.396 e. The summed E-state index contributed by atoms with van der Waals surface area (Å²) in [6, 6.07) is 1.42. The molecule has 0 aromatic carbocycles. The fraction of sp³-hybridized carbons (Fsp3) is 0.300. The summed E-state index contributed by atoms with van der Waals surface area (Å²) in [6.07, 6.45) is 1.42. The molecule has 0 aliphatic heterocycles. The van der Waals surface area contributed by atoms with Crippen molar-refractivity contribution in [3.63, 3.8) is 0 Å². The molecule has 1 heterocycles. The molecule has 1 aromatic heterocycles. The highest BCUT2D eigenvalue weighted by Gasteiger charge is 2.25. The zero-order chi connectivity index (χ0) is 13.9. The van der Waals surface area contributed by atoms with Crippen LogP contribution in [0.3, 0.4) is 0 Å². The van der Waals surface area contributed by atoms with Gasteiger partial charge in [0.15, 0.2) is 0 Å². The van der Waals surface area contributed by atoms with Crippen LogP contribution in [0.5, 0.6) is 0 Å². The smallest absolute Gasteiger partial charge is 0.278 e. The van der Waals surface area contributed by atoms with Crippen molar-refractivity contribution in [2.24, 2.45) is 11.8 Å². The van der Waals surface area contributed by atoms with Gasteiger partial charge in [-0.05, 0) is 22.0 Å². The summed E-state index contributed by atoms with van der Waals surface area (Å²) in [4.78, 5) is 27.3. The molecule has 1 unspecified atom stereocenters. The van der Waals surface area contributed by atoms with E-state index in [2.05, 4.69) is 20.9 Å². The Kier molecular flexibility index (Phi) is 4.76. The second kappa shape index (κ2) is 5.89. The zero-order valence-electron chi connectivity index (χ0n) is 9.63. The van der Waals surface area contributed by atoms with E-state index in [0.29, 0.717) is 9.48 Å². The molecule has 0 radical (unpaired) electrons. The Hall–Kier alpha value is -1.51. The van der Waals surface area contributed by atoms with Gasteiger partial charge in [0, 0.05) is 10.7 Å². The maximum atomic E-state index is 11.9. The number of carbonyl (C=O) groups is 2. The molecule has 2 amide bonds. The van der Waals surface area contributed by atoms with Crippen LogP contribution >= 0.6 is 15.9 Å². The normalized spacial score (nSPS) is 12.0. The third-order valence-electron chi connectivity index (χ3n) is 2.27. The van der Waals surface area contributed by atoms with Crippen molar-refractivity contribution >= 4 is 33.6 Å². The minimum atomic E-state index is -0.772. The lowest BCUT2D eigenvalue weighted by atomic mass is 10.1. The Bertz CT molecular complexity index is 480. The maximum absolute atomic E-state index is 11.9. The summed E-state index contributed by atoms with van der Waals surface area (Å²) < 4.78 is 0.538. The van der Waals surface area contributed by atoms with E-state index in [4.69, 9.17) is 16.7 Å². The lowest BCUT2D eigenvalue weighted by Gasteiger charge is -2.18. The number of hydrogen-bond acceptors (Lipinski definition) is 6. The lowest BCUT2D eigenvalue weighted by Crippen LogP contribution is -2.46. The van der Waals surface area contributed by atoms with Gasteiger partial charge in [-0.1, -0.05) is 6.92 Å². The number of rotatable bonds is 3. The summed E-state index contributed by atoms with van der Waals surface area (Å²) in [5.74, 6) is 3.16. The van der Waals surface area contributed by atoms with Gasteiger partial charge < -0.3 is 10.8 Å². The van der Waals surface area contributed by atoms with Gasteiger partial charge in [0.05, 0.1) is 18.1 Å². The van der Waals surface area contributed by atoms with E-state index < -0.39 is 24.3 Å². The molecule has 5 N–H and O–H groups in total. The van der Waals surface area contributed by atoms with Crippen LogP contribution in [0.25, 0.3) is 0 Å². The number of nitrogens with zero attached hydrogens (tertiary/aromatic N) is 2. The Balaban J connectivity index is 3.00. The van der Waals surface area contributed by atoms with Gasteiger partial charge >= 0.3 is 0 Å². The van der Waals surface area contributed by atoms with E-state index in [1.54, 1.807) is 0 Å². The van der Waals surface area contributed by atoms with Gasteiger partial charge in [0.2, 0.25) is 5.91 Å². The molecule has 0 saturated carbocycles. The number of halogens is 1. The van der Waals surface area contributed by atoms with Crippen LogP contribution in [0.15, 0.2) is 16.7 Å². The quantitative estimate of drug-likeness (QED) is 0.406. The maximum Gasteiger partial charge on any atom is 0.278 e. The van der Waals surface area contributed by atoms with Gasteiger partial charge in [-0.2, -0.15) is 0 Å². The molecule has 98 valence electrons. The van der Waals surface area contributed by atoms with E-state index in [0.717, 1.165) is 0 Å². The van der Waals surface area contributed by atoms with Crippen molar-refractivity contribution in [3.8, 4) is 0 Å². The van der Waals surface area contributed by atoms with Crippen molar-refractivity contribution < 1.29 is 14.7 Å². The van der Waals surface area contributed by atoms with Gasteiger partial charge in [-0.3, -0.25) is 9.59 Å². The molecule has 0 fully saturated rings. The van der Waals surface area contributed by atoms with Crippen molar-refractivity contribution in [1.82, 2.24) is 9.99 Å². The molecule has 1 aromatic rings. The van der Waals surface area contributed by atoms with Crippen LogP contribution < -0.4 is 11.6 Å². The van der Waals surface area contributed by atoms with Crippen molar-refractivity contribution in [1.29, 1.82) is 0 Å². The fourth-order valence-corrected chi connectivity index (χ4v) is 1.50. The first-order chi connectivity index (χ1) is 8.38. The van der Waals surface area contributed by atoms with Crippen LogP contribution in [-0.4, -0.2) is 33.5 Å². The Morgan fingerprint density at radius 1 is 1.61 bits per heavy atom. The highest BCUT2D eigenvalue weighted by molar-refractivity contribution is 9.10. The molecule has 0 aliphatic carbocycles. The van der Waals surface area contributed by atoms with Crippen molar-refractivity contribution in [2.75, 3.05) is 12.3 Å². The van der Waals surface area contributed by atoms with Gasteiger partial charge in [-0.25, -0.2) is 15.8 Å². The predicted octanol–water partition coefficient (Wildman–Crippen LogP) is -0.103. The van der Waals surface area contributed by atoms with Crippen molar-refractivity contribution in [2.45, 2.75) is 6.92 Å². The van der Waals surface area contributed by atoms with Crippen LogP contribution in [0, 0.1) is 5.92 Å². The molecule has 1 rings (SSSR count). The number of aromatic nitrogens is 1. The van der Waals surface area contributed by atoms with Gasteiger partial charge in [0.25, 0.3) is 5.91 Å². The molecule has 7 nitrogen and oxygen atoms in total. The number of carbonyl (C=O) groups excluding carboxylic acids is 2. The molecular weight excluding hydrogens is 304 g/mol. The number of nitrogens with two attached hydrogens (primary N) is 2. The lowest BCUT2D eigenvalue weighted by molar-refractivity contribution is -0.133. The standard InChI is InChI=1S/C10H13BrN4O3/c1-5(4-16)9(17)15(13)10(18)7-2-6(11)3-14-8(7)12/h2-3,5,16H,4,13H2,1H3,(H2,12,14). The molecule has 0 spiro atoms. The molecule has 1 atom stereocenters. The zero-order valence-corrected chi connectivity index (χ0v) is 11.2. The largest absolute Gasteiger partial charge is 0.396 e. The van der Waals surface area contributed by atoms with Crippen LogP contribution in [0.4, 0.5) is 5.82 Å².